The Balaban J connectivity index is 2.16. The van der Waals surface area contributed by atoms with E-state index in [0.717, 1.165) is 25.9 Å². The van der Waals surface area contributed by atoms with Crippen LogP contribution < -0.4 is 10.6 Å². The molecule has 16 heavy (non-hydrogen) atoms. The van der Waals surface area contributed by atoms with Gasteiger partial charge >= 0.3 is 0 Å². The lowest BCUT2D eigenvalue weighted by atomic mass is 9.95. The molecule has 1 saturated heterocycles. The summed E-state index contributed by atoms with van der Waals surface area (Å²) < 4.78 is 0. The summed E-state index contributed by atoms with van der Waals surface area (Å²) in [6.07, 6.45) is 4.53. The highest BCUT2D eigenvalue weighted by Crippen LogP contribution is 2.13. The molecule has 0 aromatic rings. The van der Waals surface area contributed by atoms with Gasteiger partial charge in [0.05, 0.1) is 0 Å². The van der Waals surface area contributed by atoms with E-state index in [4.69, 9.17) is 0 Å². The van der Waals surface area contributed by atoms with Gasteiger partial charge in [0.25, 0.3) is 0 Å². The van der Waals surface area contributed by atoms with Crippen LogP contribution >= 0.6 is 0 Å². The molecule has 1 amide bonds. The van der Waals surface area contributed by atoms with Crippen LogP contribution in [0.1, 0.15) is 46.5 Å². The van der Waals surface area contributed by atoms with E-state index in [9.17, 15) is 4.79 Å². The van der Waals surface area contributed by atoms with Crippen molar-refractivity contribution in [1.29, 1.82) is 0 Å². The van der Waals surface area contributed by atoms with Crippen LogP contribution in [0.15, 0.2) is 0 Å². The van der Waals surface area contributed by atoms with Crippen LogP contribution in [0.2, 0.25) is 0 Å². The predicted octanol–water partition coefficient (Wildman–Crippen LogP) is 1.93. The highest BCUT2D eigenvalue weighted by atomic mass is 16.1. The van der Waals surface area contributed by atoms with E-state index in [-0.39, 0.29) is 11.8 Å². The number of amides is 1. The molecule has 1 aliphatic rings. The topological polar surface area (TPSA) is 41.1 Å². The highest BCUT2D eigenvalue weighted by molar-refractivity contribution is 5.78. The standard InChI is InChI=1S/C13H26N2O/c1-4-5-10(2)13(16)15-9-12-7-6-11(3)14-8-12/h10-12,14H,4-9H2,1-3H3,(H,15,16). The fourth-order valence-corrected chi connectivity index (χ4v) is 2.22. The van der Waals surface area contributed by atoms with Crippen LogP contribution in [0.5, 0.6) is 0 Å². The molecule has 0 spiro atoms. The summed E-state index contributed by atoms with van der Waals surface area (Å²) in [6.45, 7) is 8.24. The first-order valence-corrected chi connectivity index (χ1v) is 6.64. The van der Waals surface area contributed by atoms with Gasteiger partial charge in [0.15, 0.2) is 0 Å². The molecule has 0 saturated carbocycles. The van der Waals surface area contributed by atoms with Gasteiger partial charge in [-0.15, -0.1) is 0 Å². The minimum atomic E-state index is 0.167. The van der Waals surface area contributed by atoms with Crippen molar-refractivity contribution in [2.75, 3.05) is 13.1 Å². The minimum absolute atomic E-state index is 0.167. The lowest BCUT2D eigenvalue weighted by Crippen LogP contribution is -2.42. The molecule has 1 heterocycles. The number of hydrogen-bond acceptors (Lipinski definition) is 2. The molecule has 3 nitrogen and oxygen atoms in total. The van der Waals surface area contributed by atoms with E-state index >= 15 is 0 Å². The monoisotopic (exact) mass is 226 g/mol. The maximum Gasteiger partial charge on any atom is 0.222 e. The Bertz CT molecular complexity index is 210. The van der Waals surface area contributed by atoms with Crippen LogP contribution in [0.4, 0.5) is 0 Å². The van der Waals surface area contributed by atoms with Gasteiger partial charge in [0.1, 0.15) is 0 Å². The summed E-state index contributed by atoms with van der Waals surface area (Å²) in [4.78, 5) is 11.7. The van der Waals surface area contributed by atoms with Crippen molar-refractivity contribution >= 4 is 5.91 Å². The summed E-state index contributed by atoms with van der Waals surface area (Å²) in [7, 11) is 0. The van der Waals surface area contributed by atoms with E-state index in [0.29, 0.717) is 12.0 Å². The fourth-order valence-electron chi connectivity index (χ4n) is 2.22. The van der Waals surface area contributed by atoms with Crippen molar-refractivity contribution in [2.45, 2.75) is 52.5 Å². The third-order valence-electron chi connectivity index (χ3n) is 3.50. The zero-order valence-corrected chi connectivity index (χ0v) is 10.9. The number of piperidine rings is 1. The molecule has 3 heteroatoms. The molecule has 0 aromatic carbocycles. The van der Waals surface area contributed by atoms with Crippen molar-refractivity contribution in [3.8, 4) is 0 Å². The average molecular weight is 226 g/mol. The number of rotatable bonds is 5. The lowest BCUT2D eigenvalue weighted by Gasteiger charge is -2.28. The van der Waals surface area contributed by atoms with Gasteiger partial charge in [-0.1, -0.05) is 20.3 Å². The van der Waals surface area contributed by atoms with E-state index in [1.54, 1.807) is 0 Å². The molecule has 0 radical (unpaired) electrons. The van der Waals surface area contributed by atoms with E-state index < -0.39 is 0 Å². The quantitative estimate of drug-likeness (QED) is 0.752. The van der Waals surface area contributed by atoms with Gasteiger partial charge in [0, 0.05) is 18.5 Å². The van der Waals surface area contributed by atoms with Gasteiger partial charge in [-0.25, -0.2) is 0 Å². The summed E-state index contributed by atoms with van der Waals surface area (Å²) in [6, 6.07) is 0.644. The highest BCUT2D eigenvalue weighted by Gasteiger charge is 2.19. The molecule has 94 valence electrons. The van der Waals surface area contributed by atoms with E-state index in [2.05, 4.69) is 24.5 Å². The third kappa shape index (κ3) is 4.52. The summed E-state index contributed by atoms with van der Waals surface area (Å²) in [5.41, 5.74) is 0. The Labute approximate surface area is 99.4 Å². The summed E-state index contributed by atoms with van der Waals surface area (Å²) in [5.74, 6) is 1.01. The molecular formula is C13H26N2O. The van der Waals surface area contributed by atoms with Crippen molar-refractivity contribution in [3.63, 3.8) is 0 Å². The summed E-state index contributed by atoms with van der Waals surface area (Å²) >= 11 is 0. The van der Waals surface area contributed by atoms with Crippen molar-refractivity contribution < 1.29 is 4.79 Å². The second kappa shape index (κ2) is 6.89. The van der Waals surface area contributed by atoms with Gasteiger partial charge in [-0.3, -0.25) is 4.79 Å². The zero-order valence-electron chi connectivity index (χ0n) is 10.9. The lowest BCUT2D eigenvalue weighted by molar-refractivity contribution is -0.124. The molecule has 1 fully saturated rings. The number of carbonyl (C=O) groups excluding carboxylic acids is 1. The first-order chi connectivity index (χ1) is 7.63. The van der Waals surface area contributed by atoms with Crippen molar-refractivity contribution in [1.82, 2.24) is 10.6 Å². The SMILES string of the molecule is CCCC(C)C(=O)NCC1CCC(C)NC1. The molecule has 0 bridgehead atoms. The maximum absolute atomic E-state index is 11.7. The fraction of sp³-hybridized carbons (Fsp3) is 0.923. The molecule has 3 unspecified atom stereocenters. The maximum atomic E-state index is 11.7. The molecular weight excluding hydrogens is 200 g/mol. The Kier molecular flexibility index (Phi) is 5.81. The third-order valence-corrected chi connectivity index (χ3v) is 3.50. The Hall–Kier alpha value is -0.570. The molecule has 1 rings (SSSR count). The molecule has 2 N–H and O–H groups in total. The second-order valence-corrected chi connectivity index (χ2v) is 5.19. The van der Waals surface area contributed by atoms with Crippen LogP contribution in [0.3, 0.4) is 0 Å². The van der Waals surface area contributed by atoms with E-state index in [1.807, 2.05) is 6.92 Å². The predicted molar refractivity (Wildman–Crippen MR) is 67.3 cm³/mol. The molecule has 1 aliphatic heterocycles. The van der Waals surface area contributed by atoms with Crippen molar-refractivity contribution in [2.24, 2.45) is 11.8 Å². The van der Waals surface area contributed by atoms with Gasteiger partial charge in [-0.05, 0) is 38.6 Å². The average Bonchev–Trinajstić information content (AvgIpc) is 2.28. The van der Waals surface area contributed by atoms with Crippen LogP contribution in [-0.2, 0) is 4.79 Å². The van der Waals surface area contributed by atoms with Gasteiger partial charge in [0.2, 0.25) is 5.91 Å². The number of nitrogens with one attached hydrogen (secondary N) is 2. The minimum Gasteiger partial charge on any atom is -0.356 e. The van der Waals surface area contributed by atoms with Gasteiger partial charge in [-0.2, -0.15) is 0 Å². The number of hydrogen-bond donors (Lipinski definition) is 2. The summed E-state index contributed by atoms with van der Waals surface area (Å²) in [5, 5.41) is 6.53. The molecule has 0 aliphatic carbocycles. The largest absolute Gasteiger partial charge is 0.356 e. The second-order valence-electron chi connectivity index (χ2n) is 5.19. The zero-order chi connectivity index (χ0) is 12.0. The first kappa shape index (κ1) is 13.5. The smallest absolute Gasteiger partial charge is 0.222 e. The normalized spacial score (nSPS) is 27.4. The molecule has 0 aromatic heterocycles. The van der Waals surface area contributed by atoms with Gasteiger partial charge < -0.3 is 10.6 Å². The van der Waals surface area contributed by atoms with Crippen molar-refractivity contribution in [3.05, 3.63) is 0 Å². The molecule has 3 atom stereocenters. The Morgan fingerprint density at radius 3 is 2.81 bits per heavy atom. The van der Waals surface area contributed by atoms with Crippen LogP contribution in [-0.4, -0.2) is 25.0 Å². The Morgan fingerprint density at radius 1 is 1.50 bits per heavy atom. The van der Waals surface area contributed by atoms with E-state index in [1.165, 1.54) is 12.8 Å². The van der Waals surface area contributed by atoms with Crippen LogP contribution in [0.25, 0.3) is 0 Å². The van der Waals surface area contributed by atoms with Crippen LogP contribution in [0, 0.1) is 11.8 Å². The first-order valence-electron chi connectivity index (χ1n) is 6.64. The number of carbonyl (C=O) groups is 1. The Morgan fingerprint density at radius 2 is 2.25 bits per heavy atom.